The van der Waals surface area contributed by atoms with E-state index in [0.29, 0.717) is 18.2 Å². The average Bonchev–Trinajstić information content (AvgIpc) is 2.90. The summed E-state index contributed by atoms with van der Waals surface area (Å²) in [5.74, 6) is 0.255. The van der Waals surface area contributed by atoms with Crippen LogP contribution in [0.3, 0.4) is 0 Å². The van der Waals surface area contributed by atoms with E-state index in [0.717, 1.165) is 16.8 Å². The van der Waals surface area contributed by atoms with E-state index in [1.165, 1.54) is 0 Å². The van der Waals surface area contributed by atoms with Crippen molar-refractivity contribution in [3.63, 3.8) is 0 Å². The van der Waals surface area contributed by atoms with Crippen LogP contribution in [0.15, 0.2) is 24.5 Å². The molecule has 1 amide bonds. The van der Waals surface area contributed by atoms with Crippen LogP contribution >= 0.6 is 0 Å². The average molecular weight is 229 g/mol. The Morgan fingerprint density at radius 3 is 3.06 bits per heavy atom. The molecule has 0 saturated heterocycles. The maximum Gasteiger partial charge on any atom is 0.268 e. The van der Waals surface area contributed by atoms with E-state index in [2.05, 4.69) is 20.3 Å². The van der Waals surface area contributed by atoms with Gasteiger partial charge in [0.25, 0.3) is 5.91 Å². The van der Waals surface area contributed by atoms with Crippen molar-refractivity contribution < 1.29 is 4.79 Å². The van der Waals surface area contributed by atoms with E-state index in [1.54, 1.807) is 12.4 Å². The van der Waals surface area contributed by atoms with E-state index >= 15 is 0 Å². The molecule has 6 nitrogen and oxygen atoms in total. The molecule has 0 unspecified atom stereocenters. The van der Waals surface area contributed by atoms with Gasteiger partial charge in [0, 0.05) is 23.9 Å². The van der Waals surface area contributed by atoms with Gasteiger partial charge in [0.2, 0.25) is 0 Å². The molecule has 0 spiro atoms. The highest BCUT2D eigenvalue weighted by molar-refractivity contribution is 6.00. The topological polar surface area (TPSA) is 99.6 Å². The Hall–Kier alpha value is -2.50. The third-order valence-corrected chi connectivity index (χ3v) is 2.72. The number of nitrogens with zero attached hydrogens (tertiary/aromatic N) is 1. The number of amides is 1. The minimum atomic E-state index is -0.108. The molecule has 0 radical (unpaired) electrons. The van der Waals surface area contributed by atoms with Crippen molar-refractivity contribution in [2.75, 3.05) is 12.3 Å². The first-order chi connectivity index (χ1) is 8.25. The number of anilines is 1. The third kappa shape index (κ3) is 1.50. The third-order valence-electron chi connectivity index (χ3n) is 2.72. The number of aromatic nitrogens is 3. The SMILES string of the molecule is Nc1ncc(C2=CCNC(=O)c3[nH]ccc32)[nH]1. The van der Waals surface area contributed by atoms with Crippen LogP contribution in [0.2, 0.25) is 0 Å². The molecule has 5 N–H and O–H groups in total. The molecule has 3 rings (SSSR count). The molecule has 0 bridgehead atoms. The number of rotatable bonds is 1. The van der Waals surface area contributed by atoms with Gasteiger partial charge in [-0.15, -0.1) is 0 Å². The number of hydrogen-bond acceptors (Lipinski definition) is 3. The zero-order chi connectivity index (χ0) is 11.8. The minimum absolute atomic E-state index is 0.108. The maximum atomic E-state index is 11.7. The van der Waals surface area contributed by atoms with Crippen LogP contribution in [0, 0.1) is 0 Å². The number of aromatic amines is 2. The molecule has 2 aromatic rings. The molecule has 0 aromatic carbocycles. The molecule has 86 valence electrons. The molecule has 6 heteroatoms. The molecule has 1 aliphatic rings. The summed E-state index contributed by atoms with van der Waals surface area (Å²) in [5, 5.41) is 2.78. The number of nitrogen functional groups attached to an aromatic ring is 1. The zero-order valence-corrected chi connectivity index (χ0v) is 8.95. The van der Waals surface area contributed by atoms with Crippen LogP contribution in [0.4, 0.5) is 5.95 Å². The summed E-state index contributed by atoms with van der Waals surface area (Å²) in [6, 6.07) is 1.86. The van der Waals surface area contributed by atoms with Crippen molar-refractivity contribution in [2.45, 2.75) is 0 Å². The summed E-state index contributed by atoms with van der Waals surface area (Å²) < 4.78 is 0. The van der Waals surface area contributed by atoms with Gasteiger partial charge in [0.05, 0.1) is 11.9 Å². The Morgan fingerprint density at radius 1 is 1.41 bits per heavy atom. The molecular formula is C11H11N5O. The summed E-state index contributed by atoms with van der Waals surface area (Å²) in [6.45, 7) is 0.482. The van der Waals surface area contributed by atoms with Crippen molar-refractivity contribution in [1.82, 2.24) is 20.3 Å². The van der Waals surface area contributed by atoms with Gasteiger partial charge in [-0.25, -0.2) is 4.98 Å². The second kappa shape index (κ2) is 3.51. The fraction of sp³-hybridized carbons (Fsp3) is 0.0909. The summed E-state index contributed by atoms with van der Waals surface area (Å²) in [5.41, 5.74) is 8.70. The van der Waals surface area contributed by atoms with Crippen molar-refractivity contribution in [2.24, 2.45) is 0 Å². The molecule has 17 heavy (non-hydrogen) atoms. The van der Waals surface area contributed by atoms with Crippen LogP contribution in [0.1, 0.15) is 21.7 Å². The summed E-state index contributed by atoms with van der Waals surface area (Å²) in [4.78, 5) is 21.6. The molecule has 0 aliphatic carbocycles. The Balaban J connectivity index is 2.15. The number of carbonyl (C=O) groups excluding carboxylic acids is 1. The Morgan fingerprint density at radius 2 is 2.29 bits per heavy atom. The fourth-order valence-electron chi connectivity index (χ4n) is 1.95. The second-order valence-corrected chi connectivity index (χ2v) is 3.78. The molecule has 0 fully saturated rings. The van der Waals surface area contributed by atoms with Gasteiger partial charge in [-0.3, -0.25) is 4.79 Å². The number of imidazole rings is 1. The van der Waals surface area contributed by atoms with E-state index in [-0.39, 0.29) is 5.91 Å². The van der Waals surface area contributed by atoms with Gasteiger partial charge in [-0.1, -0.05) is 6.08 Å². The van der Waals surface area contributed by atoms with Crippen LogP contribution in [-0.2, 0) is 0 Å². The van der Waals surface area contributed by atoms with Crippen LogP contribution in [0.5, 0.6) is 0 Å². The van der Waals surface area contributed by atoms with Crippen molar-refractivity contribution in [1.29, 1.82) is 0 Å². The van der Waals surface area contributed by atoms with E-state index in [9.17, 15) is 4.79 Å². The fourth-order valence-corrected chi connectivity index (χ4v) is 1.95. The zero-order valence-electron chi connectivity index (χ0n) is 8.95. The predicted molar refractivity (Wildman–Crippen MR) is 63.2 cm³/mol. The standard InChI is InChI=1S/C11H11N5O/c12-11-15-5-8(16-11)6-1-4-14-10(17)9-7(6)2-3-13-9/h1-3,5,13H,4H2,(H,14,17)(H3,12,15,16). The Kier molecular flexibility index (Phi) is 2.01. The second-order valence-electron chi connectivity index (χ2n) is 3.78. The van der Waals surface area contributed by atoms with E-state index < -0.39 is 0 Å². The molecule has 1 aliphatic heterocycles. The van der Waals surface area contributed by atoms with Crippen LogP contribution < -0.4 is 11.1 Å². The first-order valence-corrected chi connectivity index (χ1v) is 5.22. The smallest absolute Gasteiger partial charge is 0.268 e. The lowest BCUT2D eigenvalue weighted by atomic mass is 10.0. The number of fused-ring (bicyclic) bond motifs is 1. The highest BCUT2D eigenvalue weighted by atomic mass is 16.1. The first-order valence-electron chi connectivity index (χ1n) is 5.22. The minimum Gasteiger partial charge on any atom is -0.369 e. The summed E-state index contributed by atoms with van der Waals surface area (Å²) in [6.07, 6.45) is 5.33. The molecular weight excluding hydrogens is 218 g/mol. The van der Waals surface area contributed by atoms with Crippen molar-refractivity contribution in [3.8, 4) is 0 Å². The van der Waals surface area contributed by atoms with E-state index in [1.807, 2.05) is 12.1 Å². The van der Waals surface area contributed by atoms with Crippen molar-refractivity contribution >= 4 is 17.4 Å². The van der Waals surface area contributed by atoms with Gasteiger partial charge < -0.3 is 21.0 Å². The number of carbonyl (C=O) groups is 1. The van der Waals surface area contributed by atoms with E-state index in [4.69, 9.17) is 5.73 Å². The normalized spacial score (nSPS) is 14.8. The first kappa shape index (κ1) is 9.71. The Bertz CT molecular complexity index is 607. The van der Waals surface area contributed by atoms with Gasteiger partial charge in [-0.2, -0.15) is 0 Å². The highest BCUT2D eigenvalue weighted by Gasteiger charge is 2.20. The number of nitrogens with two attached hydrogens (primary N) is 1. The molecule has 0 saturated carbocycles. The lowest BCUT2D eigenvalue weighted by molar-refractivity contribution is 0.0954. The maximum absolute atomic E-state index is 11.7. The summed E-state index contributed by atoms with van der Waals surface area (Å²) in [7, 11) is 0. The molecule has 0 atom stereocenters. The Labute approximate surface area is 96.9 Å². The van der Waals surface area contributed by atoms with Crippen LogP contribution in [-0.4, -0.2) is 27.4 Å². The monoisotopic (exact) mass is 229 g/mol. The highest BCUT2D eigenvalue weighted by Crippen LogP contribution is 2.26. The number of H-pyrrole nitrogens is 2. The molecule has 3 heterocycles. The van der Waals surface area contributed by atoms with Gasteiger partial charge >= 0.3 is 0 Å². The molecule has 2 aromatic heterocycles. The summed E-state index contributed by atoms with van der Waals surface area (Å²) >= 11 is 0. The van der Waals surface area contributed by atoms with Gasteiger partial charge in [0.15, 0.2) is 5.95 Å². The van der Waals surface area contributed by atoms with Crippen LogP contribution in [0.25, 0.3) is 5.57 Å². The van der Waals surface area contributed by atoms with Crippen molar-refractivity contribution in [3.05, 3.63) is 41.5 Å². The predicted octanol–water partition coefficient (Wildman–Crippen LogP) is 0.495. The number of hydrogen-bond donors (Lipinski definition) is 4. The lowest BCUT2D eigenvalue weighted by Crippen LogP contribution is -2.22. The quantitative estimate of drug-likeness (QED) is 0.572. The number of nitrogens with one attached hydrogen (secondary N) is 3. The van der Waals surface area contributed by atoms with Gasteiger partial charge in [0.1, 0.15) is 5.69 Å². The largest absolute Gasteiger partial charge is 0.369 e. The van der Waals surface area contributed by atoms with Gasteiger partial charge in [-0.05, 0) is 6.07 Å². The lowest BCUT2D eigenvalue weighted by Gasteiger charge is -2.02.